The summed E-state index contributed by atoms with van der Waals surface area (Å²) in [4.78, 5) is 0. The smallest absolute Gasteiger partial charge is 0.0654 e. The SMILES string of the molecule is [CH+]=CCCCC. The summed E-state index contributed by atoms with van der Waals surface area (Å²) in [6, 6.07) is 0. The van der Waals surface area contributed by atoms with Crippen molar-refractivity contribution in [2.45, 2.75) is 26.2 Å². The van der Waals surface area contributed by atoms with E-state index in [9.17, 15) is 0 Å². The predicted molar refractivity (Wildman–Crippen MR) is 28.4 cm³/mol. The number of hydrogen-bond acceptors (Lipinski definition) is 0. The Hall–Kier alpha value is -0.350. The van der Waals surface area contributed by atoms with E-state index >= 15 is 0 Å². The fourth-order valence-electron chi connectivity index (χ4n) is 0.322. The maximum atomic E-state index is 5.09. The quantitative estimate of drug-likeness (QED) is 0.362. The van der Waals surface area contributed by atoms with E-state index in [0.29, 0.717) is 0 Å². The van der Waals surface area contributed by atoms with Gasteiger partial charge in [0.2, 0.25) is 6.58 Å². The molecule has 0 aliphatic carbocycles. The summed E-state index contributed by atoms with van der Waals surface area (Å²) in [5.74, 6) is 0. The minimum absolute atomic E-state index is 1.07. The van der Waals surface area contributed by atoms with Gasteiger partial charge in [0.1, 0.15) is 0 Å². The highest BCUT2D eigenvalue weighted by Crippen LogP contribution is 1.91. The minimum atomic E-state index is 1.07. The van der Waals surface area contributed by atoms with E-state index in [1.165, 1.54) is 12.8 Å². The lowest BCUT2D eigenvalue weighted by molar-refractivity contribution is 0.815. The maximum absolute atomic E-state index is 5.09. The van der Waals surface area contributed by atoms with Crippen molar-refractivity contribution >= 4 is 0 Å². The summed E-state index contributed by atoms with van der Waals surface area (Å²) < 4.78 is 0. The first-order valence-corrected chi connectivity index (χ1v) is 2.45. The average molecular weight is 83.2 g/mol. The van der Waals surface area contributed by atoms with Crippen molar-refractivity contribution in [3.63, 3.8) is 0 Å². The zero-order valence-electron chi connectivity index (χ0n) is 4.28. The summed E-state index contributed by atoms with van der Waals surface area (Å²) in [7, 11) is 0. The summed E-state index contributed by atoms with van der Waals surface area (Å²) in [6.07, 6.45) is 5.25. The van der Waals surface area contributed by atoms with Crippen LogP contribution in [0.1, 0.15) is 26.2 Å². The Bertz CT molecular complexity index is 29.0. The van der Waals surface area contributed by atoms with Crippen molar-refractivity contribution in [1.82, 2.24) is 0 Å². The molecule has 0 aromatic heterocycles. The summed E-state index contributed by atoms with van der Waals surface area (Å²) in [5, 5.41) is 0. The Balaban J connectivity index is 2.49. The molecule has 0 rings (SSSR count). The molecule has 0 aliphatic heterocycles. The molecule has 6 heavy (non-hydrogen) atoms. The lowest BCUT2D eigenvalue weighted by Gasteiger charge is -1.77. The van der Waals surface area contributed by atoms with E-state index in [-0.39, 0.29) is 0 Å². The van der Waals surface area contributed by atoms with Crippen LogP contribution in [-0.4, -0.2) is 0 Å². The van der Waals surface area contributed by atoms with Crippen molar-refractivity contribution in [3.05, 3.63) is 12.7 Å². The van der Waals surface area contributed by atoms with Crippen LogP contribution in [0.4, 0.5) is 0 Å². The Morgan fingerprint density at radius 3 is 2.50 bits per heavy atom. The molecular formula is C6H11+. The van der Waals surface area contributed by atoms with E-state index in [2.05, 4.69) is 6.92 Å². The molecule has 0 unspecified atom stereocenters. The molecular weight excluding hydrogens is 72.1 g/mol. The van der Waals surface area contributed by atoms with Crippen LogP contribution < -0.4 is 0 Å². The fourth-order valence-corrected chi connectivity index (χ4v) is 0.322. The van der Waals surface area contributed by atoms with E-state index in [4.69, 9.17) is 6.58 Å². The Kier molecular flexibility index (Phi) is 4.38. The normalized spacial score (nSPS) is 8.00. The summed E-state index contributed by atoms with van der Waals surface area (Å²) in [6.45, 7) is 7.25. The van der Waals surface area contributed by atoms with Crippen LogP contribution in [0, 0.1) is 6.58 Å². The van der Waals surface area contributed by atoms with Crippen molar-refractivity contribution in [3.8, 4) is 0 Å². The Labute approximate surface area is 39.9 Å². The van der Waals surface area contributed by atoms with Crippen LogP contribution in [-0.2, 0) is 0 Å². The summed E-state index contributed by atoms with van der Waals surface area (Å²) >= 11 is 0. The lowest BCUT2D eigenvalue weighted by atomic mass is 10.3. The maximum Gasteiger partial charge on any atom is 0.201 e. The molecule has 0 heterocycles. The molecule has 0 saturated carbocycles. The monoisotopic (exact) mass is 83.1 g/mol. The van der Waals surface area contributed by atoms with Crippen molar-refractivity contribution in [2.75, 3.05) is 0 Å². The number of allylic oxidation sites excluding steroid dienone is 1. The first kappa shape index (κ1) is 5.65. The van der Waals surface area contributed by atoms with Crippen LogP contribution >= 0.6 is 0 Å². The van der Waals surface area contributed by atoms with Gasteiger partial charge in [-0.15, -0.1) is 0 Å². The highest BCUT2D eigenvalue weighted by molar-refractivity contribution is 4.59. The highest BCUT2D eigenvalue weighted by atomic mass is 13.8. The third kappa shape index (κ3) is 3.65. The van der Waals surface area contributed by atoms with Crippen LogP contribution in [0.5, 0.6) is 0 Å². The van der Waals surface area contributed by atoms with Gasteiger partial charge in [-0.1, -0.05) is 13.3 Å². The first-order valence-electron chi connectivity index (χ1n) is 2.45. The second-order valence-electron chi connectivity index (χ2n) is 1.38. The zero-order valence-corrected chi connectivity index (χ0v) is 4.28. The molecule has 0 aromatic carbocycles. The fraction of sp³-hybridized carbons (Fsp3) is 0.667. The van der Waals surface area contributed by atoms with E-state index < -0.39 is 0 Å². The molecule has 0 aliphatic rings. The number of hydrogen-bond donors (Lipinski definition) is 0. The molecule has 0 spiro atoms. The molecule has 0 N–H and O–H groups in total. The predicted octanol–water partition coefficient (Wildman–Crippen LogP) is 2.17. The molecule has 34 valence electrons. The molecule has 0 bridgehead atoms. The molecule has 0 fully saturated rings. The molecule has 0 radical (unpaired) electrons. The van der Waals surface area contributed by atoms with Gasteiger partial charge in [-0.2, -0.15) is 0 Å². The minimum Gasteiger partial charge on any atom is -0.0654 e. The molecule has 0 saturated heterocycles. The van der Waals surface area contributed by atoms with Crippen LogP contribution in [0.3, 0.4) is 0 Å². The largest absolute Gasteiger partial charge is 0.201 e. The second-order valence-corrected chi connectivity index (χ2v) is 1.38. The van der Waals surface area contributed by atoms with Gasteiger partial charge in [0.25, 0.3) is 0 Å². The van der Waals surface area contributed by atoms with Gasteiger partial charge in [0, 0.05) is 6.42 Å². The molecule has 0 atom stereocenters. The van der Waals surface area contributed by atoms with Crippen molar-refractivity contribution in [1.29, 1.82) is 0 Å². The Morgan fingerprint density at radius 2 is 2.33 bits per heavy atom. The molecule has 0 amide bonds. The van der Waals surface area contributed by atoms with Crippen molar-refractivity contribution in [2.24, 2.45) is 0 Å². The first-order chi connectivity index (χ1) is 2.91. The van der Waals surface area contributed by atoms with Crippen LogP contribution in [0.15, 0.2) is 6.08 Å². The lowest BCUT2D eigenvalue weighted by Crippen LogP contribution is -1.62. The van der Waals surface area contributed by atoms with Gasteiger partial charge in [0.15, 0.2) is 6.08 Å². The van der Waals surface area contributed by atoms with Gasteiger partial charge in [0.05, 0.1) is 0 Å². The number of unbranched alkanes of at least 4 members (excludes halogenated alkanes) is 2. The van der Waals surface area contributed by atoms with Crippen LogP contribution in [0.25, 0.3) is 0 Å². The van der Waals surface area contributed by atoms with Crippen LogP contribution in [0.2, 0.25) is 0 Å². The Morgan fingerprint density at radius 1 is 1.67 bits per heavy atom. The van der Waals surface area contributed by atoms with Gasteiger partial charge >= 0.3 is 0 Å². The molecule has 0 nitrogen and oxygen atoms in total. The third-order valence-electron chi connectivity index (χ3n) is 0.724. The zero-order chi connectivity index (χ0) is 4.83. The van der Waals surface area contributed by atoms with Crippen molar-refractivity contribution < 1.29 is 0 Å². The molecule has 0 aromatic rings. The standard InChI is InChI=1S/C6H11/c1-3-5-6-4-2/h1,3H,4-6H2,2H3/q+1. The average Bonchev–Trinajstić information content (AvgIpc) is 1.61. The van der Waals surface area contributed by atoms with Gasteiger partial charge in [-0.05, 0) is 6.42 Å². The van der Waals surface area contributed by atoms with E-state index in [1.54, 1.807) is 6.08 Å². The summed E-state index contributed by atoms with van der Waals surface area (Å²) in [5.41, 5.74) is 0. The molecule has 0 heteroatoms. The topological polar surface area (TPSA) is 0 Å². The highest BCUT2D eigenvalue weighted by Gasteiger charge is 1.77. The van der Waals surface area contributed by atoms with E-state index in [0.717, 1.165) is 6.42 Å². The number of rotatable bonds is 3. The third-order valence-corrected chi connectivity index (χ3v) is 0.724. The van der Waals surface area contributed by atoms with E-state index in [1.807, 2.05) is 0 Å². The van der Waals surface area contributed by atoms with Gasteiger partial charge < -0.3 is 0 Å². The van der Waals surface area contributed by atoms with Gasteiger partial charge in [-0.3, -0.25) is 0 Å². The van der Waals surface area contributed by atoms with Gasteiger partial charge in [-0.25, -0.2) is 0 Å². The second kappa shape index (κ2) is 4.65.